The zero-order valence-corrected chi connectivity index (χ0v) is 11.4. The fourth-order valence-corrected chi connectivity index (χ4v) is 1.80. The van der Waals surface area contributed by atoms with Crippen LogP contribution in [0.1, 0.15) is 43.5 Å². The Hall–Kier alpha value is -1.84. The van der Waals surface area contributed by atoms with Gasteiger partial charge in [-0.2, -0.15) is 0 Å². The fourth-order valence-electron chi connectivity index (χ4n) is 1.80. The average Bonchev–Trinajstić information content (AvgIpc) is 2.42. The first-order valence-corrected chi connectivity index (χ1v) is 6.57. The standard InChI is InChI=1S/C15H20O4/c1-3-9-19-13-7-5-12(6-8-13)15(18)11(4-2)10-14(16)17/h5-8,11H,3-4,9-10H2,1-2H3,(H,16,17). The highest BCUT2D eigenvalue weighted by atomic mass is 16.5. The first-order chi connectivity index (χ1) is 9.08. The molecule has 0 fully saturated rings. The monoisotopic (exact) mass is 264 g/mol. The highest BCUT2D eigenvalue weighted by Crippen LogP contribution is 2.19. The number of carboxylic acid groups (broad SMARTS) is 1. The van der Waals surface area contributed by atoms with Gasteiger partial charge in [0.05, 0.1) is 13.0 Å². The molecular weight excluding hydrogens is 244 g/mol. The van der Waals surface area contributed by atoms with Gasteiger partial charge in [-0.25, -0.2) is 0 Å². The lowest BCUT2D eigenvalue weighted by atomic mass is 9.92. The minimum atomic E-state index is -0.942. The van der Waals surface area contributed by atoms with Crippen LogP contribution < -0.4 is 4.74 Å². The van der Waals surface area contributed by atoms with Crippen LogP contribution in [0.3, 0.4) is 0 Å². The number of carbonyl (C=O) groups excluding carboxylic acids is 1. The van der Waals surface area contributed by atoms with Gasteiger partial charge in [-0.15, -0.1) is 0 Å². The van der Waals surface area contributed by atoms with Crippen LogP contribution in [-0.4, -0.2) is 23.5 Å². The lowest BCUT2D eigenvalue weighted by molar-refractivity contribution is -0.137. The second-order valence-electron chi connectivity index (χ2n) is 4.44. The van der Waals surface area contributed by atoms with Crippen LogP contribution in [0.2, 0.25) is 0 Å². The van der Waals surface area contributed by atoms with Crippen molar-refractivity contribution in [2.45, 2.75) is 33.1 Å². The molecule has 0 saturated carbocycles. The van der Waals surface area contributed by atoms with E-state index in [9.17, 15) is 9.59 Å². The summed E-state index contributed by atoms with van der Waals surface area (Å²) in [5, 5.41) is 8.78. The summed E-state index contributed by atoms with van der Waals surface area (Å²) in [5.41, 5.74) is 0.539. The van der Waals surface area contributed by atoms with Crippen LogP contribution in [0.4, 0.5) is 0 Å². The van der Waals surface area contributed by atoms with E-state index in [1.807, 2.05) is 13.8 Å². The molecule has 0 heterocycles. The Bertz CT molecular complexity index is 422. The first kappa shape index (κ1) is 15.2. The maximum Gasteiger partial charge on any atom is 0.304 e. The van der Waals surface area contributed by atoms with Crippen molar-refractivity contribution in [2.24, 2.45) is 5.92 Å². The Morgan fingerprint density at radius 1 is 1.21 bits per heavy atom. The van der Waals surface area contributed by atoms with Crippen LogP contribution in [-0.2, 0) is 4.79 Å². The zero-order chi connectivity index (χ0) is 14.3. The molecule has 1 aromatic rings. The number of carbonyl (C=O) groups is 2. The Morgan fingerprint density at radius 2 is 1.84 bits per heavy atom. The van der Waals surface area contributed by atoms with E-state index >= 15 is 0 Å². The lowest BCUT2D eigenvalue weighted by Crippen LogP contribution is -2.17. The highest BCUT2D eigenvalue weighted by molar-refractivity contribution is 5.99. The molecule has 0 spiro atoms. The van der Waals surface area contributed by atoms with Crippen molar-refractivity contribution >= 4 is 11.8 Å². The molecule has 1 atom stereocenters. The van der Waals surface area contributed by atoms with E-state index in [1.165, 1.54) is 0 Å². The summed E-state index contributed by atoms with van der Waals surface area (Å²) in [6.07, 6.45) is 1.33. The van der Waals surface area contributed by atoms with Gasteiger partial charge >= 0.3 is 5.97 Å². The molecule has 4 heteroatoms. The lowest BCUT2D eigenvalue weighted by Gasteiger charge is -2.11. The van der Waals surface area contributed by atoms with Gasteiger partial charge in [-0.05, 0) is 37.1 Å². The molecule has 1 aromatic carbocycles. The van der Waals surface area contributed by atoms with E-state index in [-0.39, 0.29) is 12.2 Å². The Labute approximate surface area is 113 Å². The fraction of sp³-hybridized carbons (Fsp3) is 0.467. The molecule has 0 aliphatic carbocycles. The number of hydrogen-bond acceptors (Lipinski definition) is 3. The normalized spacial score (nSPS) is 11.9. The molecule has 104 valence electrons. The average molecular weight is 264 g/mol. The molecule has 1 N–H and O–H groups in total. The molecule has 0 bridgehead atoms. The van der Waals surface area contributed by atoms with Crippen LogP contribution >= 0.6 is 0 Å². The van der Waals surface area contributed by atoms with Gasteiger partial charge in [0.1, 0.15) is 5.75 Å². The molecule has 1 rings (SSSR count). The molecule has 0 aliphatic heterocycles. The molecule has 0 aromatic heterocycles. The number of ketones is 1. The van der Waals surface area contributed by atoms with Crippen molar-refractivity contribution < 1.29 is 19.4 Å². The third-order valence-electron chi connectivity index (χ3n) is 2.90. The zero-order valence-electron chi connectivity index (χ0n) is 11.4. The van der Waals surface area contributed by atoms with Gasteiger partial charge in [-0.1, -0.05) is 13.8 Å². The van der Waals surface area contributed by atoms with Crippen molar-refractivity contribution in [3.63, 3.8) is 0 Å². The van der Waals surface area contributed by atoms with Gasteiger partial charge in [0.2, 0.25) is 0 Å². The highest BCUT2D eigenvalue weighted by Gasteiger charge is 2.21. The minimum Gasteiger partial charge on any atom is -0.494 e. The molecule has 0 saturated heterocycles. The number of ether oxygens (including phenoxy) is 1. The Morgan fingerprint density at radius 3 is 2.32 bits per heavy atom. The summed E-state index contributed by atoms with van der Waals surface area (Å²) in [4.78, 5) is 22.8. The summed E-state index contributed by atoms with van der Waals surface area (Å²) >= 11 is 0. The van der Waals surface area contributed by atoms with Crippen molar-refractivity contribution in [3.05, 3.63) is 29.8 Å². The SMILES string of the molecule is CCCOc1ccc(C(=O)C(CC)CC(=O)O)cc1. The van der Waals surface area contributed by atoms with E-state index in [0.29, 0.717) is 18.6 Å². The third-order valence-corrected chi connectivity index (χ3v) is 2.90. The van der Waals surface area contributed by atoms with Crippen LogP contribution in [0.25, 0.3) is 0 Å². The van der Waals surface area contributed by atoms with Crippen LogP contribution in [0, 0.1) is 5.92 Å². The van der Waals surface area contributed by atoms with Crippen LogP contribution in [0.5, 0.6) is 5.75 Å². The van der Waals surface area contributed by atoms with Crippen LogP contribution in [0.15, 0.2) is 24.3 Å². The summed E-state index contributed by atoms with van der Waals surface area (Å²) in [6, 6.07) is 6.88. The smallest absolute Gasteiger partial charge is 0.304 e. The Balaban J connectivity index is 2.73. The number of aliphatic carboxylic acids is 1. The molecule has 0 aliphatic rings. The summed E-state index contributed by atoms with van der Waals surface area (Å²) in [7, 11) is 0. The topological polar surface area (TPSA) is 63.6 Å². The van der Waals surface area contributed by atoms with Crippen molar-refractivity contribution in [3.8, 4) is 5.75 Å². The van der Waals surface area contributed by atoms with E-state index in [0.717, 1.165) is 12.2 Å². The predicted molar refractivity (Wildman–Crippen MR) is 72.6 cm³/mol. The maximum atomic E-state index is 12.1. The second-order valence-corrected chi connectivity index (χ2v) is 4.44. The number of rotatable bonds is 8. The van der Waals surface area contributed by atoms with E-state index in [2.05, 4.69) is 0 Å². The number of carboxylic acids is 1. The van der Waals surface area contributed by atoms with Gasteiger partial charge < -0.3 is 9.84 Å². The maximum absolute atomic E-state index is 12.1. The van der Waals surface area contributed by atoms with Crippen molar-refractivity contribution in [1.29, 1.82) is 0 Å². The quantitative estimate of drug-likeness (QED) is 0.732. The van der Waals surface area contributed by atoms with Gasteiger partial charge in [-0.3, -0.25) is 9.59 Å². The van der Waals surface area contributed by atoms with Gasteiger partial charge in [0.15, 0.2) is 5.78 Å². The summed E-state index contributed by atoms with van der Waals surface area (Å²) in [5.74, 6) is -0.792. The molecule has 0 radical (unpaired) electrons. The second kappa shape index (κ2) is 7.56. The Kier molecular flexibility index (Phi) is 6.06. The predicted octanol–water partition coefficient (Wildman–Crippen LogP) is 3.16. The summed E-state index contributed by atoms with van der Waals surface area (Å²) in [6.45, 7) is 4.49. The van der Waals surface area contributed by atoms with E-state index in [1.54, 1.807) is 24.3 Å². The largest absolute Gasteiger partial charge is 0.494 e. The molecule has 1 unspecified atom stereocenters. The van der Waals surface area contributed by atoms with Crippen molar-refractivity contribution in [2.75, 3.05) is 6.61 Å². The number of benzene rings is 1. The van der Waals surface area contributed by atoms with Crippen molar-refractivity contribution in [1.82, 2.24) is 0 Å². The number of Topliss-reactive ketones (excluding diaryl/α,β-unsaturated/α-hetero) is 1. The molecule has 0 amide bonds. The molecular formula is C15H20O4. The van der Waals surface area contributed by atoms with Gasteiger partial charge in [0.25, 0.3) is 0 Å². The van der Waals surface area contributed by atoms with E-state index in [4.69, 9.17) is 9.84 Å². The van der Waals surface area contributed by atoms with E-state index < -0.39 is 11.9 Å². The van der Waals surface area contributed by atoms with Gasteiger partial charge in [0, 0.05) is 11.5 Å². The number of hydrogen-bond donors (Lipinski definition) is 1. The summed E-state index contributed by atoms with van der Waals surface area (Å²) < 4.78 is 5.44. The third kappa shape index (κ3) is 4.73. The first-order valence-electron chi connectivity index (χ1n) is 6.57. The molecule has 19 heavy (non-hydrogen) atoms. The molecule has 4 nitrogen and oxygen atoms in total. The minimum absolute atomic E-state index is 0.119.